The lowest BCUT2D eigenvalue weighted by Gasteiger charge is -2.06. The molecule has 0 unspecified atom stereocenters. The minimum Gasteiger partial charge on any atom is -0.375 e. The molecule has 0 aliphatic heterocycles. The van der Waals surface area contributed by atoms with Crippen LogP contribution in [-0.4, -0.2) is 11.0 Å². The zero-order valence-electron chi connectivity index (χ0n) is 9.61. The summed E-state index contributed by atoms with van der Waals surface area (Å²) in [4.78, 5) is 16.7. The second-order valence-corrected chi connectivity index (χ2v) is 3.95. The van der Waals surface area contributed by atoms with Crippen molar-refractivity contribution >= 4 is 17.2 Å². The van der Waals surface area contributed by atoms with Crippen molar-refractivity contribution < 1.29 is 9.63 Å². The third-order valence-corrected chi connectivity index (χ3v) is 2.78. The van der Waals surface area contributed by atoms with Crippen LogP contribution in [-0.2, 0) is 0 Å². The number of carbonyl (C=O) groups is 1. The molecule has 0 atom stereocenters. The summed E-state index contributed by atoms with van der Waals surface area (Å²) in [7, 11) is 0. The highest BCUT2D eigenvalue weighted by Gasteiger charge is 2.08. The lowest BCUT2D eigenvalue weighted by atomic mass is 10.2. The number of nitrogens with zero attached hydrogens (tertiary/aromatic N) is 1. The van der Waals surface area contributed by atoms with Crippen molar-refractivity contribution in [3.8, 4) is 5.75 Å². The Morgan fingerprint density at radius 2 is 1.67 bits per heavy atom. The number of fused-ring (bicyclic) bond motifs is 1. The van der Waals surface area contributed by atoms with Crippen LogP contribution in [0, 0.1) is 0 Å². The fraction of sp³-hybridized carbons (Fsp3) is 0. The van der Waals surface area contributed by atoms with E-state index in [-0.39, 0.29) is 0 Å². The van der Waals surface area contributed by atoms with Gasteiger partial charge < -0.3 is 4.84 Å². The summed E-state index contributed by atoms with van der Waals surface area (Å²) < 4.78 is 1.62. The fourth-order valence-corrected chi connectivity index (χ4v) is 1.94. The monoisotopic (exact) mass is 237 g/mol. The molecule has 0 N–H and O–H groups in total. The highest BCUT2D eigenvalue weighted by Crippen LogP contribution is 2.21. The third-order valence-electron chi connectivity index (χ3n) is 2.78. The maximum atomic E-state index is 11.0. The second-order valence-electron chi connectivity index (χ2n) is 3.95. The van der Waals surface area contributed by atoms with Crippen LogP contribution in [0.25, 0.3) is 10.9 Å². The van der Waals surface area contributed by atoms with Gasteiger partial charge in [-0.1, -0.05) is 36.4 Å². The van der Waals surface area contributed by atoms with Crippen molar-refractivity contribution in [2.24, 2.45) is 0 Å². The van der Waals surface area contributed by atoms with E-state index in [1.807, 2.05) is 54.6 Å². The highest BCUT2D eigenvalue weighted by atomic mass is 16.7. The van der Waals surface area contributed by atoms with Gasteiger partial charge in [0.1, 0.15) is 0 Å². The fourth-order valence-electron chi connectivity index (χ4n) is 1.94. The maximum Gasteiger partial charge on any atom is 0.155 e. The SMILES string of the molecule is O=Cc1cn(Oc2ccccc2)c2ccccc12. The molecule has 0 amide bonds. The van der Waals surface area contributed by atoms with Gasteiger partial charge in [0.2, 0.25) is 0 Å². The molecular formula is C15H11NO2. The Kier molecular flexibility index (Phi) is 2.57. The molecule has 3 heteroatoms. The lowest BCUT2D eigenvalue weighted by Crippen LogP contribution is -2.02. The topological polar surface area (TPSA) is 31.2 Å². The van der Waals surface area contributed by atoms with Crippen LogP contribution in [0.5, 0.6) is 5.75 Å². The van der Waals surface area contributed by atoms with Gasteiger partial charge in [0.15, 0.2) is 12.0 Å². The quantitative estimate of drug-likeness (QED) is 0.654. The van der Waals surface area contributed by atoms with Crippen molar-refractivity contribution in [3.05, 3.63) is 66.4 Å². The van der Waals surface area contributed by atoms with Crippen LogP contribution in [0.15, 0.2) is 60.8 Å². The van der Waals surface area contributed by atoms with Gasteiger partial charge in [-0.3, -0.25) is 4.79 Å². The van der Waals surface area contributed by atoms with Crippen LogP contribution in [0.4, 0.5) is 0 Å². The molecule has 0 fully saturated rings. The molecule has 18 heavy (non-hydrogen) atoms. The van der Waals surface area contributed by atoms with Gasteiger partial charge in [0, 0.05) is 10.9 Å². The molecule has 0 bridgehead atoms. The minimum absolute atomic E-state index is 0.626. The number of hydrogen-bond acceptors (Lipinski definition) is 2. The average Bonchev–Trinajstić information content (AvgIpc) is 2.78. The molecule has 0 spiro atoms. The van der Waals surface area contributed by atoms with E-state index in [2.05, 4.69) is 0 Å². The molecule has 0 aliphatic rings. The van der Waals surface area contributed by atoms with E-state index in [0.29, 0.717) is 5.56 Å². The number of hydrogen-bond donors (Lipinski definition) is 0. The molecule has 0 aliphatic carbocycles. The third kappa shape index (κ3) is 1.76. The van der Waals surface area contributed by atoms with Gasteiger partial charge >= 0.3 is 0 Å². The molecule has 2 aromatic carbocycles. The van der Waals surface area contributed by atoms with Crippen LogP contribution in [0.2, 0.25) is 0 Å². The Labute approximate surface area is 104 Å². The number of carbonyl (C=O) groups excluding carboxylic acids is 1. The number of para-hydroxylation sites is 2. The Morgan fingerprint density at radius 1 is 0.944 bits per heavy atom. The lowest BCUT2D eigenvalue weighted by molar-refractivity contribution is 0.112. The number of benzene rings is 2. The predicted molar refractivity (Wildman–Crippen MR) is 69.8 cm³/mol. The summed E-state index contributed by atoms with van der Waals surface area (Å²) in [6.45, 7) is 0. The van der Waals surface area contributed by atoms with Gasteiger partial charge in [-0.2, -0.15) is 4.73 Å². The molecular weight excluding hydrogens is 226 g/mol. The maximum absolute atomic E-state index is 11.0. The molecule has 3 aromatic rings. The summed E-state index contributed by atoms with van der Waals surface area (Å²) in [5.74, 6) is 0.732. The summed E-state index contributed by atoms with van der Waals surface area (Å²) >= 11 is 0. The molecule has 0 radical (unpaired) electrons. The molecule has 1 heterocycles. The van der Waals surface area contributed by atoms with Crippen molar-refractivity contribution in [1.82, 2.24) is 4.73 Å². The first-order valence-corrected chi connectivity index (χ1v) is 5.67. The van der Waals surface area contributed by atoms with E-state index in [0.717, 1.165) is 22.9 Å². The highest BCUT2D eigenvalue weighted by molar-refractivity contribution is 5.97. The van der Waals surface area contributed by atoms with Crippen molar-refractivity contribution in [2.75, 3.05) is 0 Å². The van der Waals surface area contributed by atoms with Gasteiger partial charge in [-0.25, -0.2) is 0 Å². The number of aldehydes is 1. The average molecular weight is 237 g/mol. The largest absolute Gasteiger partial charge is 0.375 e. The Morgan fingerprint density at radius 3 is 2.44 bits per heavy atom. The summed E-state index contributed by atoms with van der Waals surface area (Å²) in [6, 6.07) is 17.1. The zero-order valence-corrected chi connectivity index (χ0v) is 9.61. The smallest absolute Gasteiger partial charge is 0.155 e. The summed E-state index contributed by atoms with van der Waals surface area (Å²) in [5, 5.41) is 0.892. The van der Waals surface area contributed by atoms with E-state index in [4.69, 9.17) is 4.84 Å². The van der Waals surface area contributed by atoms with E-state index in [1.54, 1.807) is 10.9 Å². The molecule has 0 saturated heterocycles. The Hall–Kier alpha value is -2.55. The van der Waals surface area contributed by atoms with Crippen molar-refractivity contribution in [3.63, 3.8) is 0 Å². The second kappa shape index (κ2) is 4.37. The van der Waals surface area contributed by atoms with Crippen LogP contribution >= 0.6 is 0 Å². The first-order valence-electron chi connectivity index (χ1n) is 5.67. The van der Waals surface area contributed by atoms with Crippen molar-refractivity contribution in [1.29, 1.82) is 0 Å². The first-order chi connectivity index (χ1) is 8.88. The van der Waals surface area contributed by atoms with Gasteiger partial charge in [-0.15, -0.1) is 0 Å². The van der Waals surface area contributed by atoms with Crippen LogP contribution < -0.4 is 4.84 Å². The standard InChI is InChI=1S/C15H11NO2/c17-11-12-10-16(15-9-5-4-8-14(12)15)18-13-6-2-1-3-7-13/h1-11H. The minimum atomic E-state index is 0.626. The van der Waals surface area contributed by atoms with Gasteiger partial charge in [0.05, 0.1) is 11.7 Å². The molecule has 88 valence electrons. The molecule has 3 nitrogen and oxygen atoms in total. The van der Waals surface area contributed by atoms with E-state index in [9.17, 15) is 4.79 Å². The van der Waals surface area contributed by atoms with E-state index >= 15 is 0 Å². The Bertz CT molecular complexity index is 686. The normalized spacial score (nSPS) is 10.4. The predicted octanol–water partition coefficient (Wildman–Crippen LogP) is 3.30. The van der Waals surface area contributed by atoms with Gasteiger partial charge in [0.25, 0.3) is 0 Å². The van der Waals surface area contributed by atoms with Crippen molar-refractivity contribution in [2.45, 2.75) is 0 Å². The molecule has 0 saturated carbocycles. The van der Waals surface area contributed by atoms with E-state index < -0.39 is 0 Å². The number of rotatable bonds is 3. The van der Waals surface area contributed by atoms with Crippen LogP contribution in [0.1, 0.15) is 10.4 Å². The first kappa shape index (κ1) is 10.6. The summed E-state index contributed by atoms with van der Waals surface area (Å²) in [5.41, 5.74) is 1.50. The molecule has 1 aromatic heterocycles. The van der Waals surface area contributed by atoms with Gasteiger partial charge in [-0.05, 0) is 18.2 Å². The zero-order chi connectivity index (χ0) is 12.4. The number of aromatic nitrogens is 1. The molecule has 3 rings (SSSR count). The van der Waals surface area contributed by atoms with Crippen LogP contribution in [0.3, 0.4) is 0 Å². The summed E-state index contributed by atoms with van der Waals surface area (Å²) in [6.07, 6.45) is 2.54. The van der Waals surface area contributed by atoms with E-state index in [1.165, 1.54) is 0 Å². The Balaban J connectivity index is 2.10.